The van der Waals surface area contributed by atoms with E-state index in [1.54, 1.807) is 0 Å². The SMILES string of the molecule is CC(C)NCc1ncc(C23CC4CC(CC(C4)C2)C3)[nH]1. The summed E-state index contributed by atoms with van der Waals surface area (Å²) in [6.45, 7) is 5.23. The van der Waals surface area contributed by atoms with E-state index in [4.69, 9.17) is 0 Å². The highest BCUT2D eigenvalue weighted by Gasteiger charge is 2.52. The first-order valence-electron chi connectivity index (χ1n) is 8.41. The van der Waals surface area contributed by atoms with E-state index in [0.29, 0.717) is 11.5 Å². The second kappa shape index (κ2) is 4.59. The zero-order valence-electron chi connectivity index (χ0n) is 12.8. The highest BCUT2D eigenvalue weighted by Crippen LogP contribution is 2.60. The molecule has 1 aromatic rings. The van der Waals surface area contributed by atoms with Crippen molar-refractivity contribution in [2.45, 2.75) is 70.4 Å². The molecule has 0 atom stereocenters. The number of H-pyrrole nitrogens is 1. The van der Waals surface area contributed by atoms with Gasteiger partial charge in [0, 0.05) is 23.3 Å². The van der Waals surface area contributed by atoms with E-state index in [2.05, 4.69) is 35.3 Å². The van der Waals surface area contributed by atoms with Crippen molar-refractivity contribution in [1.82, 2.24) is 15.3 Å². The van der Waals surface area contributed by atoms with E-state index in [0.717, 1.165) is 30.1 Å². The van der Waals surface area contributed by atoms with Gasteiger partial charge in [-0.3, -0.25) is 0 Å². The van der Waals surface area contributed by atoms with Crippen LogP contribution >= 0.6 is 0 Å². The molecular formula is C17H27N3. The van der Waals surface area contributed by atoms with E-state index < -0.39 is 0 Å². The molecule has 4 aliphatic carbocycles. The van der Waals surface area contributed by atoms with Crippen LogP contribution in [0.15, 0.2) is 6.20 Å². The van der Waals surface area contributed by atoms with E-state index >= 15 is 0 Å². The van der Waals surface area contributed by atoms with Crippen LogP contribution in [0.4, 0.5) is 0 Å². The molecular weight excluding hydrogens is 246 g/mol. The van der Waals surface area contributed by atoms with Crippen molar-refractivity contribution in [2.24, 2.45) is 17.8 Å². The molecule has 4 saturated carbocycles. The molecule has 3 heteroatoms. The summed E-state index contributed by atoms with van der Waals surface area (Å²) in [6.07, 6.45) is 10.9. The monoisotopic (exact) mass is 273 g/mol. The minimum absolute atomic E-state index is 0.456. The number of hydrogen-bond donors (Lipinski definition) is 2. The van der Waals surface area contributed by atoms with E-state index in [9.17, 15) is 0 Å². The van der Waals surface area contributed by atoms with Crippen LogP contribution < -0.4 is 5.32 Å². The predicted octanol–water partition coefficient (Wildman–Crippen LogP) is 3.38. The maximum absolute atomic E-state index is 4.63. The maximum atomic E-state index is 4.63. The average molecular weight is 273 g/mol. The summed E-state index contributed by atoms with van der Waals surface area (Å²) < 4.78 is 0. The quantitative estimate of drug-likeness (QED) is 0.883. The van der Waals surface area contributed by atoms with Gasteiger partial charge in [-0.25, -0.2) is 4.98 Å². The predicted molar refractivity (Wildman–Crippen MR) is 80.4 cm³/mol. The van der Waals surface area contributed by atoms with Gasteiger partial charge in [-0.15, -0.1) is 0 Å². The molecule has 0 aliphatic heterocycles. The third-order valence-corrected chi connectivity index (χ3v) is 5.92. The molecule has 4 fully saturated rings. The van der Waals surface area contributed by atoms with Gasteiger partial charge in [0.2, 0.25) is 0 Å². The molecule has 0 unspecified atom stereocenters. The van der Waals surface area contributed by atoms with E-state index in [1.165, 1.54) is 44.2 Å². The fraction of sp³-hybridized carbons (Fsp3) is 0.824. The molecule has 0 saturated heterocycles. The molecule has 4 aliphatic rings. The van der Waals surface area contributed by atoms with Crippen molar-refractivity contribution < 1.29 is 0 Å². The average Bonchev–Trinajstić information content (AvgIpc) is 2.84. The standard InChI is InChI=1S/C17H27N3/c1-11(2)18-10-16-19-9-15(20-16)17-6-12-3-13(7-17)5-14(4-12)8-17/h9,11-14,18H,3-8,10H2,1-2H3,(H,19,20). The Morgan fingerprint density at radius 3 is 2.35 bits per heavy atom. The fourth-order valence-corrected chi connectivity index (χ4v) is 5.46. The molecule has 3 nitrogen and oxygen atoms in total. The number of imidazole rings is 1. The normalized spacial score (nSPS) is 38.9. The largest absolute Gasteiger partial charge is 0.344 e. The molecule has 0 radical (unpaired) electrons. The number of nitrogens with one attached hydrogen (secondary N) is 2. The number of nitrogens with zero attached hydrogens (tertiary/aromatic N) is 1. The van der Waals surface area contributed by atoms with E-state index in [1.807, 2.05) is 0 Å². The fourth-order valence-electron chi connectivity index (χ4n) is 5.46. The van der Waals surface area contributed by atoms with Gasteiger partial charge in [0.1, 0.15) is 5.82 Å². The molecule has 0 spiro atoms. The van der Waals surface area contributed by atoms with Crippen LogP contribution in [0.3, 0.4) is 0 Å². The van der Waals surface area contributed by atoms with Gasteiger partial charge in [0.25, 0.3) is 0 Å². The highest BCUT2D eigenvalue weighted by molar-refractivity contribution is 5.22. The van der Waals surface area contributed by atoms with Crippen LogP contribution in [-0.2, 0) is 12.0 Å². The Hall–Kier alpha value is -0.830. The smallest absolute Gasteiger partial charge is 0.120 e. The van der Waals surface area contributed by atoms with Crippen LogP contribution in [-0.4, -0.2) is 16.0 Å². The molecule has 0 aromatic carbocycles. The Morgan fingerprint density at radius 2 is 1.80 bits per heavy atom. The number of aromatic nitrogens is 2. The number of rotatable bonds is 4. The van der Waals surface area contributed by atoms with Gasteiger partial charge in [-0.2, -0.15) is 0 Å². The van der Waals surface area contributed by atoms with Gasteiger partial charge in [-0.1, -0.05) is 13.8 Å². The molecule has 5 rings (SSSR count). The highest BCUT2D eigenvalue weighted by atomic mass is 15.0. The molecule has 20 heavy (non-hydrogen) atoms. The Bertz CT molecular complexity index is 453. The van der Waals surface area contributed by atoms with Crippen molar-refractivity contribution >= 4 is 0 Å². The zero-order valence-corrected chi connectivity index (χ0v) is 12.8. The lowest BCUT2D eigenvalue weighted by Crippen LogP contribution is -2.48. The van der Waals surface area contributed by atoms with Gasteiger partial charge < -0.3 is 10.3 Å². The first-order valence-corrected chi connectivity index (χ1v) is 8.41. The third-order valence-electron chi connectivity index (χ3n) is 5.92. The molecule has 2 N–H and O–H groups in total. The maximum Gasteiger partial charge on any atom is 0.120 e. The zero-order chi connectivity index (χ0) is 13.7. The summed E-state index contributed by atoms with van der Waals surface area (Å²) >= 11 is 0. The second-order valence-corrected chi connectivity index (χ2v) is 7.98. The van der Waals surface area contributed by atoms with Gasteiger partial charge in [0.15, 0.2) is 0 Å². The first kappa shape index (κ1) is 12.9. The summed E-state index contributed by atoms with van der Waals surface area (Å²) in [4.78, 5) is 8.28. The van der Waals surface area contributed by atoms with Gasteiger partial charge >= 0.3 is 0 Å². The molecule has 1 aromatic heterocycles. The summed E-state index contributed by atoms with van der Waals surface area (Å²) in [5.41, 5.74) is 1.90. The van der Waals surface area contributed by atoms with Crippen molar-refractivity contribution in [2.75, 3.05) is 0 Å². The van der Waals surface area contributed by atoms with Crippen LogP contribution in [0.25, 0.3) is 0 Å². The third kappa shape index (κ3) is 2.11. The Kier molecular flexibility index (Phi) is 2.95. The Balaban J connectivity index is 1.55. The van der Waals surface area contributed by atoms with E-state index in [-0.39, 0.29) is 0 Å². The topological polar surface area (TPSA) is 40.7 Å². The minimum atomic E-state index is 0.456. The number of aromatic amines is 1. The molecule has 110 valence electrons. The van der Waals surface area contributed by atoms with Crippen molar-refractivity contribution in [3.63, 3.8) is 0 Å². The molecule has 4 bridgehead atoms. The minimum Gasteiger partial charge on any atom is -0.344 e. The summed E-state index contributed by atoms with van der Waals surface area (Å²) in [7, 11) is 0. The molecule has 1 heterocycles. The van der Waals surface area contributed by atoms with Crippen LogP contribution in [0.1, 0.15) is 63.9 Å². The molecule has 0 amide bonds. The lowest BCUT2D eigenvalue weighted by molar-refractivity contribution is -0.00706. The summed E-state index contributed by atoms with van der Waals surface area (Å²) in [5.74, 6) is 4.12. The lowest BCUT2D eigenvalue weighted by atomic mass is 9.49. The van der Waals surface area contributed by atoms with Crippen LogP contribution in [0.5, 0.6) is 0 Å². The van der Waals surface area contributed by atoms with Crippen LogP contribution in [0.2, 0.25) is 0 Å². The van der Waals surface area contributed by atoms with Crippen molar-refractivity contribution in [1.29, 1.82) is 0 Å². The summed E-state index contributed by atoms with van der Waals surface area (Å²) in [5, 5.41) is 3.46. The number of hydrogen-bond acceptors (Lipinski definition) is 2. The lowest BCUT2D eigenvalue weighted by Gasteiger charge is -2.56. The Morgan fingerprint density at radius 1 is 1.20 bits per heavy atom. The Labute approximate surface area is 122 Å². The summed E-state index contributed by atoms with van der Waals surface area (Å²) in [6, 6.07) is 0.517. The van der Waals surface area contributed by atoms with Crippen molar-refractivity contribution in [3.05, 3.63) is 17.7 Å². The van der Waals surface area contributed by atoms with Crippen LogP contribution in [0, 0.1) is 17.8 Å². The van der Waals surface area contributed by atoms with Crippen molar-refractivity contribution in [3.8, 4) is 0 Å². The van der Waals surface area contributed by atoms with Gasteiger partial charge in [-0.05, 0) is 56.3 Å². The van der Waals surface area contributed by atoms with Gasteiger partial charge in [0.05, 0.1) is 6.54 Å². The first-order chi connectivity index (χ1) is 9.63. The second-order valence-electron chi connectivity index (χ2n) is 7.98.